The number of carbonyl (C=O) groups is 1. The average molecular weight is 134 g/mol. The predicted octanol–water partition coefficient (Wildman–Crippen LogP) is -0.579. The Kier molecular flexibility index (Phi) is 5.11. The van der Waals surface area contributed by atoms with Crippen molar-refractivity contribution in [1.29, 1.82) is 0 Å². The van der Waals surface area contributed by atoms with Gasteiger partial charge in [-0.2, -0.15) is 0 Å². The fourth-order valence-corrected chi connectivity index (χ4v) is 0.377. The summed E-state index contributed by atoms with van der Waals surface area (Å²) in [7, 11) is 0. The second-order valence-electron chi connectivity index (χ2n) is 1.63. The minimum absolute atomic E-state index is 0.471. The highest BCUT2D eigenvalue weighted by Gasteiger charge is 1.94. The van der Waals surface area contributed by atoms with Gasteiger partial charge in [0.2, 0.25) is 0 Å². The van der Waals surface area contributed by atoms with Crippen molar-refractivity contribution in [3.05, 3.63) is 0 Å². The molecule has 1 amide bonds. The van der Waals surface area contributed by atoms with E-state index in [-0.39, 0.29) is 0 Å². The van der Waals surface area contributed by atoms with Crippen molar-refractivity contribution in [2.75, 3.05) is 19.8 Å². The molecule has 0 unspecified atom stereocenters. The monoisotopic (exact) mass is 134 g/mol. The van der Waals surface area contributed by atoms with Crippen molar-refractivity contribution < 1.29 is 9.18 Å². The lowest BCUT2D eigenvalue weighted by molar-refractivity contribution is -0.121. The number of carbonyl (C=O) groups excluding carboxylic acids is 1. The number of alkyl halides is 1. The van der Waals surface area contributed by atoms with Crippen LogP contribution in [0.4, 0.5) is 4.39 Å². The first-order valence-corrected chi connectivity index (χ1v) is 2.84. The summed E-state index contributed by atoms with van der Waals surface area (Å²) in [6.07, 6.45) is 0.700. The minimum atomic E-state index is -0.940. The van der Waals surface area contributed by atoms with E-state index < -0.39 is 12.6 Å². The molecule has 0 radical (unpaired) electrons. The summed E-state index contributed by atoms with van der Waals surface area (Å²) in [6, 6.07) is 0. The number of amides is 1. The average Bonchev–Trinajstić information content (AvgIpc) is 1.89. The van der Waals surface area contributed by atoms with E-state index in [9.17, 15) is 9.18 Å². The third-order valence-electron chi connectivity index (χ3n) is 0.824. The Morgan fingerprint density at radius 2 is 2.33 bits per heavy atom. The van der Waals surface area contributed by atoms with Crippen molar-refractivity contribution in [3.8, 4) is 0 Å². The third-order valence-corrected chi connectivity index (χ3v) is 0.824. The summed E-state index contributed by atoms with van der Waals surface area (Å²) in [4.78, 5) is 10.2. The van der Waals surface area contributed by atoms with Crippen molar-refractivity contribution in [2.24, 2.45) is 5.73 Å². The zero-order chi connectivity index (χ0) is 7.11. The van der Waals surface area contributed by atoms with E-state index in [1.807, 2.05) is 0 Å². The molecule has 0 atom stereocenters. The van der Waals surface area contributed by atoms with Crippen LogP contribution in [0, 0.1) is 0 Å². The van der Waals surface area contributed by atoms with Crippen LogP contribution in [0.1, 0.15) is 6.42 Å². The molecule has 0 fully saturated rings. The van der Waals surface area contributed by atoms with Crippen LogP contribution in [0.2, 0.25) is 0 Å². The van der Waals surface area contributed by atoms with E-state index in [2.05, 4.69) is 5.32 Å². The van der Waals surface area contributed by atoms with E-state index in [0.29, 0.717) is 19.5 Å². The smallest absolute Gasteiger partial charge is 0.251 e. The van der Waals surface area contributed by atoms with Crippen LogP contribution >= 0.6 is 0 Å². The van der Waals surface area contributed by atoms with Crippen molar-refractivity contribution in [3.63, 3.8) is 0 Å². The largest absolute Gasteiger partial charge is 0.354 e. The minimum Gasteiger partial charge on any atom is -0.354 e. The lowest BCUT2D eigenvalue weighted by Gasteiger charge is -1.98. The molecule has 54 valence electrons. The predicted molar refractivity (Wildman–Crippen MR) is 32.7 cm³/mol. The first-order valence-electron chi connectivity index (χ1n) is 2.84. The van der Waals surface area contributed by atoms with E-state index in [0.717, 1.165) is 0 Å². The van der Waals surface area contributed by atoms with Gasteiger partial charge in [0.05, 0.1) is 0 Å². The number of hydrogen-bond donors (Lipinski definition) is 2. The summed E-state index contributed by atoms with van der Waals surface area (Å²) in [5.74, 6) is -0.566. The standard InChI is InChI=1S/C5H11FN2O/c6-4-5(9)8-3-1-2-7/h1-4,7H2,(H,8,9). The Hall–Kier alpha value is -0.640. The van der Waals surface area contributed by atoms with Crippen molar-refractivity contribution in [1.82, 2.24) is 5.32 Å². The fourth-order valence-electron chi connectivity index (χ4n) is 0.377. The number of nitrogens with one attached hydrogen (secondary N) is 1. The van der Waals surface area contributed by atoms with Crippen LogP contribution in [0.3, 0.4) is 0 Å². The Morgan fingerprint density at radius 3 is 2.78 bits per heavy atom. The normalized spacial score (nSPS) is 9.11. The van der Waals surface area contributed by atoms with Gasteiger partial charge >= 0.3 is 0 Å². The highest BCUT2D eigenvalue weighted by Crippen LogP contribution is 1.71. The maximum atomic E-state index is 11.4. The van der Waals surface area contributed by atoms with Gasteiger partial charge in [-0.05, 0) is 13.0 Å². The molecule has 9 heavy (non-hydrogen) atoms. The van der Waals surface area contributed by atoms with Crippen LogP contribution in [0.25, 0.3) is 0 Å². The number of halogens is 1. The summed E-state index contributed by atoms with van der Waals surface area (Å²) in [6.45, 7) is 0.0520. The number of rotatable bonds is 4. The van der Waals surface area contributed by atoms with Gasteiger partial charge in [0, 0.05) is 6.54 Å². The first kappa shape index (κ1) is 8.36. The lowest BCUT2D eigenvalue weighted by atomic mass is 10.4. The molecule has 0 aromatic heterocycles. The maximum Gasteiger partial charge on any atom is 0.251 e. The van der Waals surface area contributed by atoms with Crippen LogP contribution in [-0.2, 0) is 4.79 Å². The molecule has 0 aromatic carbocycles. The molecule has 0 aromatic rings. The van der Waals surface area contributed by atoms with Gasteiger partial charge in [0.25, 0.3) is 5.91 Å². The van der Waals surface area contributed by atoms with Gasteiger partial charge < -0.3 is 11.1 Å². The van der Waals surface area contributed by atoms with Crippen LogP contribution in [0.15, 0.2) is 0 Å². The second-order valence-corrected chi connectivity index (χ2v) is 1.63. The van der Waals surface area contributed by atoms with E-state index >= 15 is 0 Å². The van der Waals surface area contributed by atoms with Gasteiger partial charge in [0.15, 0.2) is 6.67 Å². The summed E-state index contributed by atoms with van der Waals surface area (Å²) >= 11 is 0. The molecule has 0 saturated heterocycles. The molecule has 0 heterocycles. The molecule has 0 aliphatic carbocycles. The Bertz CT molecular complexity index is 87.0. The van der Waals surface area contributed by atoms with Crippen molar-refractivity contribution >= 4 is 5.91 Å². The van der Waals surface area contributed by atoms with Gasteiger partial charge in [-0.25, -0.2) is 4.39 Å². The van der Waals surface area contributed by atoms with Crippen LogP contribution in [-0.4, -0.2) is 25.7 Å². The van der Waals surface area contributed by atoms with E-state index in [4.69, 9.17) is 5.73 Å². The van der Waals surface area contributed by atoms with Crippen LogP contribution in [0.5, 0.6) is 0 Å². The van der Waals surface area contributed by atoms with Crippen molar-refractivity contribution in [2.45, 2.75) is 6.42 Å². The first-order chi connectivity index (χ1) is 4.31. The zero-order valence-electron chi connectivity index (χ0n) is 5.19. The Balaban J connectivity index is 2.97. The fraction of sp³-hybridized carbons (Fsp3) is 0.800. The summed E-state index contributed by atoms with van der Waals surface area (Å²) in [5, 5.41) is 2.34. The van der Waals surface area contributed by atoms with Gasteiger partial charge in [-0.3, -0.25) is 4.79 Å². The maximum absolute atomic E-state index is 11.4. The third kappa shape index (κ3) is 5.23. The molecular formula is C5H11FN2O. The lowest BCUT2D eigenvalue weighted by Crippen LogP contribution is -2.26. The second kappa shape index (κ2) is 5.50. The molecule has 0 bridgehead atoms. The molecule has 0 saturated carbocycles. The topological polar surface area (TPSA) is 55.1 Å². The molecule has 0 aliphatic heterocycles. The van der Waals surface area contributed by atoms with E-state index in [1.165, 1.54) is 0 Å². The highest BCUT2D eigenvalue weighted by molar-refractivity contribution is 5.76. The quantitative estimate of drug-likeness (QED) is 0.505. The number of hydrogen-bond acceptors (Lipinski definition) is 2. The highest BCUT2D eigenvalue weighted by atomic mass is 19.1. The van der Waals surface area contributed by atoms with Gasteiger partial charge in [0.1, 0.15) is 0 Å². The SMILES string of the molecule is NCCCNC(=O)CF. The molecule has 3 N–H and O–H groups in total. The Morgan fingerprint density at radius 1 is 1.67 bits per heavy atom. The summed E-state index contributed by atoms with van der Waals surface area (Å²) in [5.41, 5.74) is 5.11. The summed E-state index contributed by atoms with van der Waals surface area (Å²) < 4.78 is 11.4. The van der Waals surface area contributed by atoms with E-state index in [1.54, 1.807) is 0 Å². The van der Waals surface area contributed by atoms with Crippen LogP contribution < -0.4 is 11.1 Å². The molecule has 0 spiro atoms. The molecule has 4 heteroatoms. The molecular weight excluding hydrogens is 123 g/mol. The Labute approximate surface area is 53.4 Å². The molecule has 0 rings (SSSR count). The zero-order valence-corrected chi connectivity index (χ0v) is 5.19. The molecule has 0 aliphatic rings. The van der Waals surface area contributed by atoms with Gasteiger partial charge in [-0.15, -0.1) is 0 Å². The van der Waals surface area contributed by atoms with Gasteiger partial charge in [-0.1, -0.05) is 0 Å². The number of nitrogens with two attached hydrogens (primary N) is 1. The molecule has 3 nitrogen and oxygen atoms in total.